The summed E-state index contributed by atoms with van der Waals surface area (Å²) in [6, 6.07) is 18.7. The summed E-state index contributed by atoms with van der Waals surface area (Å²) in [6.07, 6.45) is 0.796. The number of rotatable bonds is 8. The van der Waals surface area contributed by atoms with Crippen molar-refractivity contribution in [2.45, 2.75) is 12.8 Å². The number of benzene rings is 2. The summed E-state index contributed by atoms with van der Waals surface area (Å²) in [4.78, 5) is 23.9. The third-order valence-electron chi connectivity index (χ3n) is 3.90. The molecule has 2 N–H and O–H groups in total. The molecule has 1 aromatic heterocycles. The molecule has 0 radical (unpaired) electrons. The number of nitrogens with one attached hydrogen (secondary N) is 1. The monoisotopic (exact) mass is 381 g/mol. The summed E-state index contributed by atoms with van der Waals surface area (Å²) in [6.45, 7) is 0.420. The van der Waals surface area contributed by atoms with Gasteiger partial charge in [0, 0.05) is 17.4 Å². The Bertz CT molecular complexity index is 906. The first-order valence-electron chi connectivity index (χ1n) is 8.53. The number of hydrogen-bond acceptors (Lipinski definition) is 4. The minimum absolute atomic E-state index is 0.125. The van der Waals surface area contributed by atoms with E-state index in [2.05, 4.69) is 5.32 Å². The fourth-order valence-electron chi connectivity index (χ4n) is 2.62. The average molecular weight is 381 g/mol. The van der Waals surface area contributed by atoms with Gasteiger partial charge in [-0.2, -0.15) is 0 Å². The first kappa shape index (κ1) is 18.7. The number of amides is 1. The summed E-state index contributed by atoms with van der Waals surface area (Å²) >= 11 is 1.22. The SMILES string of the molecule is O=C(CCCOc1ccccc1)Nc1scc(-c2ccccc2)c1C(=O)O. The van der Waals surface area contributed by atoms with Crippen molar-refractivity contribution in [1.29, 1.82) is 0 Å². The van der Waals surface area contributed by atoms with Crippen molar-refractivity contribution in [1.82, 2.24) is 0 Å². The molecule has 5 nitrogen and oxygen atoms in total. The lowest BCUT2D eigenvalue weighted by atomic mass is 10.0. The van der Waals surface area contributed by atoms with Crippen LogP contribution in [-0.2, 0) is 4.79 Å². The molecule has 0 fully saturated rings. The Morgan fingerprint density at radius 2 is 1.67 bits per heavy atom. The van der Waals surface area contributed by atoms with Crippen LogP contribution in [0.15, 0.2) is 66.0 Å². The van der Waals surface area contributed by atoms with Gasteiger partial charge in [-0.1, -0.05) is 48.5 Å². The van der Waals surface area contributed by atoms with Crippen LogP contribution in [0.1, 0.15) is 23.2 Å². The molecular weight excluding hydrogens is 362 g/mol. The molecule has 0 saturated carbocycles. The second-order valence-corrected chi connectivity index (χ2v) is 6.72. The number of thiophene rings is 1. The Labute approximate surface area is 161 Å². The second-order valence-electron chi connectivity index (χ2n) is 5.84. The number of aromatic carboxylic acids is 1. The molecule has 0 aliphatic heterocycles. The molecule has 1 amide bonds. The molecule has 0 atom stereocenters. The van der Waals surface area contributed by atoms with Crippen molar-refractivity contribution in [3.63, 3.8) is 0 Å². The van der Waals surface area contributed by atoms with Crippen LogP contribution in [0.25, 0.3) is 11.1 Å². The largest absolute Gasteiger partial charge is 0.494 e. The van der Waals surface area contributed by atoms with Crippen molar-refractivity contribution in [3.8, 4) is 16.9 Å². The summed E-state index contributed by atoms with van der Waals surface area (Å²) in [7, 11) is 0. The van der Waals surface area contributed by atoms with Gasteiger partial charge in [-0.15, -0.1) is 11.3 Å². The molecule has 0 spiro atoms. The van der Waals surface area contributed by atoms with E-state index in [4.69, 9.17) is 4.74 Å². The zero-order valence-electron chi connectivity index (χ0n) is 14.6. The highest BCUT2D eigenvalue weighted by atomic mass is 32.1. The van der Waals surface area contributed by atoms with E-state index >= 15 is 0 Å². The van der Waals surface area contributed by atoms with Gasteiger partial charge in [0.1, 0.15) is 16.3 Å². The van der Waals surface area contributed by atoms with Gasteiger partial charge >= 0.3 is 5.97 Å². The number of carboxylic acid groups (broad SMARTS) is 1. The molecule has 0 unspecified atom stereocenters. The smallest absolute Gasteiger partial charge is 0.339 e. The number of carbonyl (C=O) groups is 2. The molecule has 6 heteroatoms. The van der Waals surface area contributed by atoms with Gasteiger partial charge in [0.25, 0.3) is 0 Å². The molecule has 2 aromatic carbocycles. The topological polar surface area (TPSA) is 75.6 Å². The molecule has 3 aromatic rings. The van der Waals surface area contributed by atoms with E-state index < -0.39 is 5.97 Å². The Morgan fingerprint density at radius 3 is 2.33 bits per heavy atom. The molecular formula is C21H19NO4S. The molecule has 0 aliphatic carbocycles. The minimum atomic E-state index is -1.06. The van der Waals surface area contributed by atoms with Gasteiger partial charge in [0.05, 0.1) is 6.61 Å². The molecule has 3 rings (SSSR count). The van der Waals surface area contributed by atoms with Gasteiger partial charge in [-0.25, -0.2) is 4.79 Å². The fourth-order valence-corrected chi connectivity index (χ4v) is 3.60. The van der Waals surface area contributed by atoms with Crippen LogP contribution in [-0.4, -0.2) is 23.6 Å². The molecule has 1 heterocycles. The number of hydrogen-bond donors (Lipinski definition) is 2. The van der Waals surface area contributed by atoms with Crippen molar-refractivity contribution in [2.24, 2.45) is 0 Å². The van der Waals surface area contributed by atoms with Crippen LogP contribution in [0.4, 0.5) is 5.00 Å². The molecule has 27 heavy (non-hydrogen) atoms. The Hall–Kier alpha value is -3.12. The summed E-state index contributed by atoms with van der Waals surface area (Å²) in [5, 5.41) is 14.4. The normalized spacial score (nSPS) is 10.4. The van der Waals surface area contributed by atoms with Crippen LogP contribution < -0.4 is 10.1 Å². The van der Waals surface area contributed by atoms with Crippen LogP contribution in [0.3, 0.4) is 0 Å². The van der Waals surface area contributed by atoms with Crippen molar-refractivity contribution in [2.75, 3.05) is 11.9 Å². The van der Waals surface area contributed by atoms with Crippen LogP contribution in [0, 0.1) is 0 Å². The highest BCUT2D eigenvalue weighted by Gasteiger charge is 2.20. The minimum Gasteiger partial charge on any atom is -0.494 e. The van der Waals surface area contributed by atoms with E-state index in [1.54, 1.807) is 5.38 Å². The lowest BCUT2D eigenvalue weighted by Gasteiger charge is -2.07. The lowest BCUT2D eigenvalue weighted by molar-refractivity contribution is -0.116. The number of anilines is 1. The maximum Gasteiger partial charge on any atom is 0.339 e. The first-order chi connectivity index (χ1) is 13.1. The summed E-state index contributed by atoms with van der Waals surface area (Å²) in [5.41, 5.74) is 1.54. The first-order valence-corrected chi connectivity index (χ1v) is 9.41. The Balaban J connectivity index is 1.59. The maximum absolute atomic E-state index is 12.2. The van der Waals surface area contributed by atoms with Crippen LogP contribution in [0.5, 0.6) is 5.75 Å². The van der Waals surface area contributed by atoms with Crippen molar-refractivity contribution in [3.05, 3.63) is 71.6 Å². The van der Waals surface area contributed by atoms with Gasteiger partial charge in [0.15, 0.2) is 0 Å². The van der Waals surface area contributed by atoms with Crippen molar-refractivity contribution < 1.29 is 19.4 Å². The molecule has 138 valence electrons. The van der Waals surface area contributed by atoms with Crippen molar-refractivity contribution >= 4 is 28.2 Å². The Morgan fingerprint density at radius 1 is 1.00 bits per heavy atom. The maximum atomic E-state index is 12.2. The highest BCUT2D eigenvalue weighted by molar-refractivity contribution is 7.15. The number of para-hydroxylation sites is 1. The van der Waals surface area contributed by atoms with E-state index in [1.165, 1.54) is 11.3 Å². The quantitative estimate of drug-likeness (QED) is 0.544. The number of carbonyl (C=O) groups excluding carboxylic acids is 1. The average Bonchev–Trinajstić information content (AvgIpc) is 3.10. The lowest BCUT2D eigenvalue weighted by Crippen LogP contribution is -2.14. The molecule has 0 bridgehead atoms. The fraction of sp³-hybridized carbons (Fsp3) is 0.143. The van der Waals surface area contributed by atoms with E-state index in [0.717, 1.165) is 11.3 Å². The third kappa shape index (κ3) is 4.95. The van der Waals surface area contributed by atoms with E-state index in [-0.39, 0.29) is 17.9 Å². The third-order valence-corrected chi connectivity index (χ3v) is 4.80. The zero-order chi connectivity index (χ0) is 19.1. The predicted molar refractivity (Wildman–Crippen MR) is 107 cm³/mol. The van der Waals surface area contributed by atoms with Crippen LogP contribution in [0.2, 0.25) is 0 Å². The van der Waals surface area contributed by atoms with E-state index in [0.29, 0.717) is 23.6 Å². The van der Waals surface area contributed by atoms with Gasteiger partial charge in [-0.05, 0) is 24.1 Å². The van der Waals surface area contributed by atoms with Gasteiger partial charge in [0.2, 0.25) is 5.91 Å². The van der Waals surface area contributed by atoms with Gasteiger partial charge in [-0.3, -0.25) is 4.79 Å². The standard InChI is InChI=1S/C21H19NO4S/c23-18(12-7-13-26-16-10-5-2-6-11-16)22-20-19(21(24)25)17(14-27-20)15-8-3-1-4-9-15/h1-6,8-11,14H,7,12-13H2,(H,22,23)(H,24,25). The Kier molecular flexibility index (Phi) is 6.22. The highest BCUT2D eigenvalue weighted by Crippen LogP contribution is 2.35. The summed E-state index contributed by atoms with van der Waals surface area (Å²) in [5.74, 6) is -0.523. The number of carboxylic acids is 1. The van der Waals surface area contributed by atoms with Crippen LogP contribution >= 0.6 is 11.3 Å². The molecule has 0 saturated heterocycles. The summed E-state index contributed by atoms with van der Waals surface area (Å²) < 4.78 is 5.56. The van der Waals surface area contributed by atoms with E-state index in [9.17, 15) is 14.7 Å². The second kappa shape index (κ2) is 9.00. The number of ether oxygens (including phenoxy) is 1. The zero-order valence-corrected chi connectivity index (χ0v) is 15.4. The van der Waals surface area contributed by atoms with Gasteiger partial charge < -0.3 is 15.2 Å². The molecule has 0 aliphatic rings. The predicted octanol–water partition coefficient (Wildman–Crippen LogP) is 4.91. The van der Waals surface area contributed by atoms with E-state index in [1.807, 2.05) is 60.7 Å².